The highest BCUT2D eigenvalue weighted by molar-refractivity contribution is 7.99. The second-order valence-corrected chi connectivity index (χ2v) is 11.1. The highest BCUT2D eigenvalue weighted by Crippen LogP contribution is 2.24. The van der Waals surface area contributed by atoms with Crippen LogP contribution in [0.2, 0.25) is 0 Å². The summed E-state index contributed by atoms with van der Waals surface area (Å²) < 4.78 is 31.9. The Morgan fingerprint density at radius 2 is 1.94 bits per heavy atom. The van der Waals surface area contributed by atoms with Crippen molar-refractivity contribution in [3.8, 4) is 0 Å². The molecule has 10 nitrogen and oxygen atoms in total. The number of hydrogen-bond acceptors (Lipinski definition) is 10. The molecule has 0 aliphatic heterocycles. The van der Waals surface area contributed by atoms with E-state index in [1.165, 1.54) is 6.08 Å². The predicted octanol–water partition coefficient (Wildman–Crippen LogP) is 2.94. The van der Waals surface area contributed by atoms with Gasteiger partial charge in [0.25, 0.3) is 0 Å². The van der Waals surface area contributed by atoms with E-state index in [0.717, 1.165) is 28.7 Å². The molecule has 0 saturated heterocycles. The van der Waals surface area contributed by atoms with Gasteiger partial charge < -0.3 is 14.6 Å². The number of rotatable bonds is 10. The number of carbonyl (C=O) groups excluding carboxylic acids is 2. The van der Waals surface area contributed by atoms with Crippen LogP contribution in [0.25, 0.3) is 0 Å². The third kappa shape index (κ3) is 6.30. The number of amides is 1. The van der Waals surface area contributed by atoms with Crippen LogP contribution in [0.5, 0.6) is 0 Å². The lowest BCUT2D eigenvalue weighted by molar-refractivity contribution is -0.113. The van der Waals surface area contributed by atoms with Crippen LogP contribution in [-0.4, -0.2) is 52.4 Å². The smallest absolute Gasteiger partial charge is 0.350 e. The van der Waals surface area contributed by atoms with E-state index in [9.17, 15) is 18.0 Å². The summed E-state index contributed by atoms with van der Waals surface area (Å²) in [6.45, 7) is 7.10. The van der Waals surface area contributed by atoms with Crippen molar-refractivity contribution in [3.05, 3.63) is 58.9 Å². The van der Waals surface area contributed by atoms with Gasteiger partial charge in [-0.1, -0.05) is 53.4 Å². The average molecular weight is 522 g/mol. The fourth-order valence-electron chi connectivity index (χ4n) is 2.72. The summed E-state index contributed by atoms with van der Waals surface area (Å²) in [6, 6.07) is 6.60. The first-order chi connectivity index (χ1) is 16.1. The maximum Gasteiger partial charge on any atom is 0.350 e. The monoisotopic (exact) mass is 521 g/mol. The number of esters is 1. The normalized spacial score (nSPS) is 11.3. The van der Waals surface area contributed by atoms with Gasteiger partial charge in [-0.15, -0.1) is 10.2 Å². The SMILES string of the molecule is C=CCOC(=O)c1sc(NC(=O)CSc2nnc(CS(=O)(=O)c3ccc(C)cc3)n2C)nc1C. The van der Waals surface area contributed by atoms with E-state index < -0.39 is 15.8 Å². The fourth-order valence-corrected chi connectivity index (χ4v) is 5.64. The largest absolute Gasteiger partial charge is 0.457 e. The van der Waals surface area contributed by atoms with Crippen LogP contribution in [0, 0.1) is 13.8 Å². The molecule has 3 rings (SSSR count). The highest BCUT2D eigenvalue weighted by atomic mass is 32.2. The van der Waals surface area contributed by atoms with E-state index >= 15 is 0 Å². The van der Waals surface area contributed by atoms with Gasteiger partial charge in [-0.2, -0.15) is 0 Å². The average Bonchev–Trinajstić information content (AvgIpc) is 3.32. The molecular weight excluding hydrogens is 498 g/mol. The zero-order chi connectivity index (χ0) is 24.9. The first kappa shape index (κ1) is 25.6. The number of anilines is 1. The lowest BCUT2D eigenvalue weighted by Crippen LogP contribution is -2.14. The molecule has 0 unspecified atom stereocenters. The van der Waals surface area contributed by atoms with Crippen molar-refractivity contribution in [1.29, 1.82) is 0 Å². The molecule has 0 fully saturated rings. The van der Waals surface area contributed by atoms with Gasteiger partial charge in [-0.3, -0.25) is 4.79 Å². The molecule has 1 amide bonds. The number of benzene rings is 1. The number of carbonyl (C=O) groups is 2. The van der Waals surface area contributed by atoms with Gasteiger partial charge in [0.2, 0.25) is 5.91 Å². The summed E-state index contributed by atoms with van der Waals surface area (Å²) in [5.74, 6) is -0.943. The molecule has 2 aromatic heterocycles. The number of thioether (sulfide) groups is 1. The molecule has 0 atom stereocenters. The Bertz CT molecular complexity index is 1310. The van der Waals surface area contributed by atoms with Crippen molar-refractivity contribution in [3.63, 3.8) is 0 Å². The number of aromatic nitrogens is 4. The minimum Gasteiger partial charge on any atom is -0.457 e. The van der Waals surface area contributed by atoms with Crippen LogP contribution in [0.15, 0.2) is 47.0 Å². The van der Waals surface area contributed by atoms with Crippen molar-refractivity contribution in [1.82, 2.24) is 19.7 Å². The van der Waals surface area contributed by atoms with Crippen LogP contribution in [0.3, 0.4) is 0 Å². The zero-order valence-electron chi connectivity index (χ0n) is 18.8. The van der Waals surface area contributed by atoms with Crippen molar-refractivity contribution in [2.75, 3.05) is 17.7 Å². The first-order valence-electron chi connectivity index (χ1n) is 9.96. The van der Waals surface area contributed by atoms with Crippen LogP contribution in [-0.2, 0) is 32.2 Å². The molecule has 13 heteroatoms. The van der Waals surface area contributed by atoms with Crippen LogP contribution in [0.4, 0.5) is 5.13 Å². The molecule has 0 aliphatic carbocycles. The number of ether oxygens (including phenoxy) is 1. The Morgan fingerprint density at radius 3 is 2.62 bits per heavy atom. The molecule has 0 radical (unpaired) electrons. The van der Waals surface area contributed by atoms with E-state index in [0.29, 0.717) is 15.7 Å². The molecule has 1 N–H and O–H groups in total. The van der Waals surface area contributed by atoms with E-state index in [1.807, 2.05) is 6.92 Å². The third-order valence-electron chi connectivity index (χ3n) is 4.52. The fraction of sp³-hybridized carbons (Fsp3) is 0.286. The van der Waals surface area contributed by atoms with Gasteiger partial charge in [0.05, 0.1) is 16.3 Å². The van der Waals surface area contributed by atoms with Crippen LogP contribution in [0.1, 0.15) is 26.8 Å². The summed E-state index contributed by atoms with van der Waals surface area (Å²) >= 11 is 2.12. The maximum absolute atomic E-state index is 12.7. The van der Waals surface area contributed by atoms with Crippen LogP contribution < -0.4 is 5.32 Å². The molecule has 3 aromatic rings. The van der Waals surface area contributed by atoms with E-state index in [1.54, 1.807) is 42.8 Å². The van der Waals surface area contributed by atoms with E-state index in [4.69, 9.17) is 4.74 Å². The topological polar surface area (TPSA) is 133 Å². The van der Waals surface area contributed by atoms with Gasteiger partial charge in [0.15, 0.2) is 20.1 Å². The van der Waals surface area contributed by atoms with Gasteiger partial charge in [0, 0.05) is 7.05 Å². The van der Waals surface area contributed by atoms with Gasteiger partial charge >= 0.3 is 5.97 Å². The summed E-state index contributed by atoms with van der Waals surface area (Å²) in [6.07, 6.45) is 1.46. The predicted molar refractivity (Wildman–Crippen MR) is 130 cm³/mol. The van der Waals surface area contributed by atoms with Crippen molar-refractivity contribution in [2.45, 2.75) is 29.7 Å². The van der Waals surface area contributed by atoms with Gasteiger partial charge in [-0.05, 0) is 26.0 Å². The Hall–Kier alpha value is -3.03. The summed E-state index contributed by atoms with van der Waals surface area (Å²) in [5.41, 5.74) is 1.42. The van der Waals surface area contributed by atoms with Crippen molar-refractivity contribution >= 4 is 49.9 Å². The molecule has 2 heterocycles. The standard InChI is InChI=1S/C21H23N5O5S3/c1-5-10-31-19(28)18-14(3)22-20(33-18)23-17(27)11-32-21-25-24-16(26(21)4)12-34(29,30)15-8-6-13(2)7-9-15/h5-9H,1,10-12H2,2-4H3,(H,22,23,27). The molecule has 0 saturated carbocycles. The van der Waals surface area contributed by atoms with Crippen molar-refractivity contribution < 1.29 is 22.7 Å². The summed E-state index contributed by atoms with van der Waals surface area (Å²) in [5, 5.41) is 11.3. The minimum absolute atomic E-state index is 0.00838. The number of hydrogen-bond donors (Lipinski definition) is 1. The number of nitrogens with one attached hydrogen (secondary N) is 1. The lowest BCUT2D eigenvalue weighted by atomic mass is 10.2. The summed E-state index contributed by atoms with van der Waals surface area (Å²) in [7, 11) is -1.94. The summed E-state index contributed by atoms with van der Waals surface area (Å²) in [4.78, 5) is 29.1. The third-order valence-corrected chi connectivity index (χ3v) is 8.22. The molecular formula is C21H23N5O5S3. The molecule has 0 aliphatic rings. The van der Waals surface area contributed by atoms with Gasteiger partial charge in [0.1, 0.15) is 23.1 Å². The van der Waals surface area contributed by atoms with Gasteiger partial charge in [-0.25, -0.2) is 18.2 Å². The Morgan fingerprint density at radius 1 is 1.24 bits per heavy atom. The Kier molecular flexibility index (Phi) is 8.23. The van der Waals surface area contributed by atoms with E-state index in [-0.39, 0.29) is 39.9 Å². The number of aryl methyl sites for hydroxylation is 2. The maximum atomic E-state index is 12.7. The number of thiazole rings is 1. The second kappa shape index (κ2) is 10.9. The zero-order valence-corrected chi connectivity index (χ0v) is 21.2. The lowest BCUT2D eigenvalue weighted by Gasteiger charge is -2.06. The molecule has 1 aromatic carbocycles. The van der Waals surface area contributed by atoms with Crippen LogP contribution >= 0.6 is 23.1 Å². The van der Waals surface area contributed by atoms with Crippen molar-refractivity contribution in [2.24, 2.45) is 7.05 Å². The molecule has 34 heavy (non-hydrogen) atoms. The quantitative estimate of drug-likeness (QED) is 0.243. The van der Waals surface area contributed by atoms with E-state index in [2.05, 4.69) is 27.1 Å². The Balaban J connectivity index is 1.59. The highest BCUT2D eigenvalue weighted by Gasteiger charge is 2.21. The Labute approximate surface area is 205 Å². The number of nitrogens with zero attached hydrogens (tertiary/aromatic N) is 4. The molecule has 0 bridgehead atoms. The molecule has 0 spiro atoms. The molecule has 180 valence electrons. The second-order valence-electron chi connectivity index (χ2n) is 7.19. The number of sulfone groups is 1. The first-order valence-corrected chi connectivity index (χ1v) is 13.4. The minimum atomic E-state index is -3.59.